The van der Waals surface area contributed by atoms with Crippen molar-refractivity contribution >= 4 is 10.1 Å². The Morgan fingerprint density at radius 1 is 1.20 bits per heavy atom. The van der Waals surface area contributed by atoms with Gasteiger partial charge in [-0.1, -0.05) is 0 Å². The maximum absolute atomic E-state index is 10.7. The Morgan fingerprint density at radius 3 is 2.27 bits per heavy atom. The highest BCUT2D eigenvalue weighted by molar-refractivity contribution is 7.85. The molecule has 1 rings (SSSR count). The highest BCUT2D eigenvalue weighted by Crippen LogP contribution is 2.28. The predicted molar refractivity (Wildman–Crippen MR) is 58.2 cm³/mol. The summed E-state index contributed by atoms with van der Waals surface area (Å²) in [5, 5.41) is 0. The molecule has 1 saturated carbocycles. The molecule has 0 aromatic carbocycles. The van der Waals surface area contributed by atoms with Crippen molar-refractivity contribution in [3.8, 4) is 0 Å². The van der Waals surface area contributed by atoms with E-state index in [1.807, 2.05) is 0 Å². The zero-order valence-corrected chi connectivity index (χ0v) is 10.3. The molecule has 1 aliphatic carbocycles. The van der Waals surface area contributed by atoms with Crippen molar-refractivity contribution in [3.63, 3.8) is 0 Å². The van der Waals surface area contributed by atoms with Crippen LogP contribution in [-0.2, 0) is 19.0 Å². The van der Waals surface area contributed by atoms with Crippen LogP contribution < -0.4 is 0 Å². The fourth-order valence-electron chi connectivity index (χ4n) is 2.02. The molecule has 0 aromatic heterocycles. The topological polar surface area (TPSA) is 52.6 Å². The Balaban J connectivity index is 2.14. The number of rotatable bonds is 5. The van der Waals surface area contributed by atoms with E-state index in [-0.39, 0.29) is 0 Å². The van der Waals surface area contributed by atoms with Crippen LogP contribution in [0.1, 0.15) is 32.1 Å². The molecule has 0 aromatic rings. The quantitative estimate of drug-likeness (QED) is 0.680. The largest absolute Gasteiger partial charge is 0.381 e. The molecule has 0 atom stereocenters. The number of ether oxygens (including phenoxy) is 1. The third-order valence-corrected chi connectivity index (χ3v) is 3.55. The zero-order chi connectivity index (χ0) is 11.3. The van der Waals surface area contributed by atoms with Crippen LogP contribution in [0, 0.1) is 5.92 Å². The van der Waals surface area contributed by atoms with Gasteiger partial charge in [0.2, 0.25) is 0 Å². The lowest BCUT2D eigenvalue weighted by atomic mass is 9.85. The van der Waals surface area contributed by atoms with E-state index in [1.165, 1.54) is 0 Å². The minimum atomic E-state index is -3.27. The van der Waals surface area contributed by atoms with E-state index in [9.17, 15) is 8.42 Å². The lowest BCUT2D eigenvalue weighted by Crippen LogP contribution is -2.21. The van der Waals surface area contributed by atoms with Gasteiger partial charge in [0, 0.05) is 7.11 Å². The fourth-order valence-corrected chi connectivity index (χ4v) is 2.42. The number of methoxy groups -OCH3 is 1. The lowest BCUT2D eigenvalue weighted by Gasteiger charge is -2.27. The first-order valence-electron chi connectivity index (χ1n) is 5.38. The number of hydrogen-bond acceptors (Lipinski definition) is 4. The van der Waals surface area contributed by atoms with Crippen LogP contribution in [0.25, 0.3) is 0 Å². The van der Waals surface area contributed by atoms with Gasteiger partial charge in [0.25, 0.3) is 10.1 Å². The molecule has 1 fully saturated rings. The van der Waals surface area contributed by atoms with Crippen molar-refractivity contribution < 1.29 is 17.3 Å². The van der Waals surface area contributed by atoms with Crippen LogP contribution in [0.2, 0.25) is 0 Å². The lowest BCUT2D eigenvalue weighted by molar-refractivity contribution is 0.0534. The Labute approximate surface area is 92.1 Å². The maximum atomic E-state index is 10.7. The molecule has 0 aliphatic heterocycles. The van der Waals surface area contributed by atoms with Crippen LogP contribution in [-0.4, -0.2) is 34.5 Å². The molecule has 0 heterocycles. The summed E-state index contributed by atoms with van der Waals surface area (Å²) in [7, 11) is -1.52. The van der Waals surface area contributed by atoms with E-state index < -0.39 is 10.1 Å². The van der Waals surface area contributed by atoms with E-state index in [0.717, 1.165) is 38.4 Å². The summed E-state index contributed by atoms with van der Waals surface area (Å²) in [6.07, 6.45) is 6.73. The second-order valence-corrected chi connectivity index (χ2v) is 5.84. The monoisotopic (exact) mass is 236 g/mol. The third-order valence-electron chi connectivity index (χ3n) is 2.95. The predicted octanol–water partition coefficient (Wildman–Crippen LogP) is 1.56. The fraction of sp³-hybridized carbons (Fsp3) is 1.00. The standard InChI is InChI=1S/C10H20O4S/c1-13-10-5-3-9(4-6-10)7-8-14-15(2,11)12/h9-10H,3-8H2,1-2H3. The molecule has 0 radical (unpaired) electrons. The molecule has 4 nitrogen and oxygen atoms in total. The minimum Gasteiger partial charge on any atom is -0.381 e. The Hall–Kier alpha value is -0.130. The van der Waals surface area contributed by atoms with E-state index in [1.54, 1.807) is 7.11 Å². The maximum Gasteiger partial charge on any atom is 0.264 e. The van der Waals surface area contributed by atoms with Gasteiger partial charge in [-0.25, -0.2) is 0 Å². The van der Waals surface area contributed by atoms with Gasteiger partial charge in [0.15, 0.2) is 0 Å². The molecule has 0 unspecified atom stereocenters. The van der Waals surface area contributed by atoms with Crippen molar-refractivity contribution in [3.05, 3.63) is 0 Å². The van der Waals surface area contributed by atoms with Gasteiger partial charge in [-0.15, -0.1) is 0 Å². The first-order chi connectivity index (χ1) is 7.01. The summed E-state index contributed by atoms with van der Waals surface area (Å²) in [6, 6.07) is 0. The van der Waals surface area contributed by atoms with Crippen molar-refractivity contribution in [2.75, 3.05) is 20.0 Å². The van der Waals surface area contributed by atoms with E-state index in [4.69, 9.17) is 8.92 Å². The molecule has 5 heteroatoms. The molecular weight excluding hydrogens is 216 g/mol. The van der Waals surface area contributed by atoms with E-state index in [2.05, 4.69) is 0 Å². The summed E-state index contributed by atoms with van der Waals surface area (Å²) in [5.41, 5.74) is 0. The van der Waals surface area contributed by atoms with Crippen molar-refractivity contribution in [2.24, 2.45) is 5.92 Å². The molecule has 0 N–H and O–H groups in total. The van der Waals surface area contributed by atoms with Gasteiger partial charge in [0.05, 0.1) is 19.0 Å². The molecule has 0 amide bonds. The molecule has 90 valence electrons. The normalized spacial score (nSPS) is 27.9. The molecule has 0 saturated heterocycles. The van der Waals surface area contributed by atoms with Crippen LogP contribution in [0.15, 0.2) is 0 Å². The van der Waals surface area contributed by atoms with Crippen molar-refractivity contribution in [1.82, 2.24) is 0 Å². The summed E-state index contributed by atoms with van der Waals surface area (Å²) >= 11 is 0. The summed E-state index contributed by atoms with van der Waals surface area (Å²) < 4.78 is 31.5. The van der Waals surface area contributed by atoms with Gasteiger partial charge in [-0.05, 0) is 38.0 Å². The van der Waals surface area contributed by atoms with Gasteiger partial charge in [0.1, 0.15) is 0 Å². The molecular formula is C10H20O4S. The highest BCUT2D eigenvalue weighted by Gasteiger charge is 2.20. The van der Waals surface area contributed by atoms with Gasteiger partial charge in [-0.3, -0.25) is 4.18 Å². The van der Waals surface area contributed by atoms with Crippen molar-refractivity contribution in [2.45, 2.75) is 38.2 Å². The Bertz CT molecular complexity index is 265. The molecule has 15 heavy (non-hydrogen) atoms. The van der Waals surface area contributed by atoms with Gasteiger partial charge >= 0.3 is 0 Å². The first-order valence-corrected chi connectivity index (χ1v) is 7.20. The summed E-state index contributed by atoms with van der Waals surface area (Å²) in [6.45, 7) is 0.321. The summed E-state index contributed by atoms with van der Waals surface area (Å²) in [5.74, 6) is 0.596. The van der Waals surface area contributed by atoms with E-state index >= 15 is 0 Å². The highest BCUT2D eigenvalue weighted by atomic mass is 32.2. The van der Waals surface area contributed by atoms with Gasteiger partial charge < -0.3 is 4.74 Å². The Morgan fingerprint density at radius 2 is 1.80 bits per heavy atom. The van der Waals surface area contributed by atoms with E-state index in [0.29, 0.717) is 18.6 Å². The van der Waals surface area contributed by atoms with Crippen LogP contribution in [0.4, 0.5) is 0 Å². The second-order valence-electron chi connectivity index (χ2n) is 4.19. The van der Waals surface area contributed by atoms with Crippen molar-refractivity contribution in [1.29, 1.82) is 0 Å². The third kappa shape index (κ3) is 5.49. The SMILES string of the molecule is COC1CCC(CCOS(C)(=O)=O)CC1. The zero-order valence-electron chi connectivity index (χ0n) is 9.44. The Kier molecular flexibility index (Phi) is 5.02. The average Bonchev–Trinajstić information content (AvgIpc) is 2.17. The minimum absolute atomic E-state index is 0.321. The first kappa shape index (κ1) is 12.9. The van der Waals surface area contributed by atoms with Crippen LogP contribution >= 0.6 is 0 Å². The smallest absolute Gasteiger partial charge is 0.264 e. The number of hydrogen-bond donors (Lipinski definition) is 0. The van der Waals surface area contributed by atoms with Crippen LogP contribution in [0.5, 0.6) is 0 Å². The average molecular weight is 236 g/mol. The van der Waals surface area contributed by atoms with Crippen LogP contribution in [0.3, 0.4) is 0 Å². The van der Waals surface area contributed by atoms with Gasteiger partial charge in [-0.2, -0.15) is 8.42 Å². The molecule has 0 spiro atoms. The molecule has 0 bridgehead atoms. The molecule has 1 aliphatic rings. The second kappa shape index (κ2) is 5.82. The summed E-state index contributed by atoms with van der Waals surface area (Å²) in [4.78, 5) is 0.